The zero-order valence-corrected chi connectivity index (χ0v) is 25.3. The molecule has 0 rings (SSSR count). The molecule has 0 unspecified atom stereocenters. The molecule has 6 nitrogen and oxygen atoms in total. The number of quaternary nitrogens is 1. The normalized spacial score (nSPS) is 16.4. The zero-order chi connectivity index (χ0) is 42.8. The molecule has 0 amide bonds. The Morgan fingerprint density at radius 2 is 0.769 bits per heavy atom. The average molecular weight is 856 g/mol. The number of carboxylic acid groups (broad SMARTS) is 1. The molecule has 0 aromatic rings. The molecule has 0 atom stereocenters. The number of aliphatic carboxylic acids is 1. The Bertz CT molecular complexity index is 1410. The second-order valence-corrected chi connectivity index (χ2v) is 12.8. The van der Waals surface area contributed by atoms with Gasteiger partial charge in [0.2, 0.25) is 0 Å². The minimum Gasteiger partial charge on any atom is -0.550 e. The molecular formula is C20H17F25N2O4S. The monoisotopic (exact) mass is 856 g/mol. The lowest BCUT2D eigenvalue weighted by molar-refractivity contribution is -0.890. The van der Waals surface area contributed by atoms with Gasteiger partial charge in [-0.2, -0.15) is 110 Å². The first-order chi connectivity index (χ1) is 22.1. The van der Waals surface area contributed by atoms with E-state index in [9.17, 15) is 128 Å². The van der Waals surface area contributed by atoms with E-state index < -0.39 is 124 Å². The van der Waals surface area contributed by atoms with Crippen molar-refractivity contribution >= 4 is 16.0 Å². The third-order valence-corrected chi connectivity index (χ3v) is 8.28. The molecule has 32 heteroatoms. The van der Waals surface area contributed by atoms with Gasteiger partial charge in [0.05, 0.1) is 27.2 Å². The van der Waals surface area contributed by atoms with Gasteiger partial charge in [-0.1, -0.05) is 0 Å². The Balaban J connectivity index is 6.99. The number of carboxylic acids is 1. The first-order valence-corrected chi connectivity index (χ1v) is 13.8. The van der Waals surface area contributed by atoms with Crippen molar-refractivity contribution in [1.29, 1.82) is 0 Å². The third kappa shape index (κ3) is 7.10. The molecule has 0 spiro atoms. The van der Waals surface area contributed by atoms with Crippen LogP contribution in [-0.4, -0.2) is 123 Å². The zero-order valence-electron chi connectivity index (χ0n) is 24.5. The fourth-order valence-electron chi connectivity index (χ4n) is 3.42. The van der Waals surface area contributed by atoms with E-state index in [1.807, 2.05) is 0 Å². The van der Waals surface area contributed by atoms with Gasteiger partial charge in [-0.05, 0) is 0 Å². The lowest BCUT2D eigenvalue weighted by atomic mass is 9.85. The van der Waals surface area contributed by atoms with Crippen LogP contribution < -0.4 is 9.83 Å². The van der Waals surface area contributed by atoms with Crippen molar-refractivity contribution in [2.24, 2.45) is 0 Å². The molecule has 0 aliphatic carbocycles. The number of carbonyl (C=O) groups is 1. The van der Waals surface area contributed by atoms with E-state index in [4.69, 9.17) is 0 Å². The first-order valence-electron chi connectivity index (χ1n) is 12.4. The van der Waals surface area contributed by atoms with Gasteiger partial charge in [-0.15, -0.1) is 0 Å². The Labute approximate surface area is 271 Å². The quantitative estimate of drug-likeness (QED) is 0.0980. The van der Waals surface area contributed by atoms with Gasteiger partial charge in [0, 0.05) is 25.4 Å². The van der Waals surface area contributed by atoms with Gasteiger partial charge in [-0.3, -0.25) is 0 Å². The van der Waals surface area contributed by atoms with Crippen molar-refractivity contribution in [2.45, 2.75) is 83.5 Å². The van der Waals surface area contributed by atoms with Crippen molar-refractivity contribution < 1.29 is 133 Å². The third-order valence-electron chi connectivity index (χ3n) is 6.76. The molecule has 0 fully saturated rings. The van der Waals surface area contributed by atoms with Crippen LogP contribution in [0, 0.1) is 0 Å². The molecule has 0 saturated heterocycles. The lowest BCUT2D eigenvalue weighted by Gasteiger charge is -2.45. The molecule has 0 aromatic heterocycles. The van der Waals surface area contributed by atoms with Crippen LogP contribution in [-0.2, 0) is 14.8 Å². The number of rotatable bonds is 19. The van der Waals surface area contributed by atoms with Crippen molar-refractivity contribution in [3.63, 3.8) is 0 Å². The Morgan fingerprint density at radius 1 is 0.500 bits per heavy atom. The molecule has 0 aliphatic heterocycles. The summed E-state index contributed by atoms with van der Waals surface area (Å²) in [6, 6.07) is 0. The topological polar surface area (TPSA) is 86.3 Å². The van der Waals surface area contributed by atoms with Gasteiger partial charge in [-0.25, -0.2) is 13.1 Å². The smallest absolute Gasteiger partial charge is 0.460 e. The maximum absolute atomic E-state index is 14.1. The molecule has 0 saturated carbocycles. The SMILES string of the molecule is C[N+](C)(CCCNS(=O)(=O)C(F)(F)C(F)(F)C(F)(F)C(F)(F)C(F)(F)C(F)(F)C(F)(F)C(F)(F)C(F)(F)C(F)(F)C(F)(F)C(F)(F)F)CCC(=O)[O-]. The summed E-state index contributed by atoms with van der Waals surface area (Å²) >= 11 is 0. The van der Waals surface area contributed by atoms with Gasteiger partial charge < -0.3 is 14.4 Å². The van der Waals surface area contributed by atoms with Gasteiger partial charge >= 0.3 is 70.7 Å². The largest absolute Gasteiger partial charge is 0.550 e. The standard InChI is InChI=1S/C20H17F25N2O4S/c1-47(2,7-4-8(48)49)6-3-5-46-52(50,51)20(44,45)18(39,40)16(35,36)14(31,32)12(27,28)10(23,24)9(21,22)11(25,26)13(29,30)15(33,34)17(37,38)19(41,42)43/h46H,3-7H2,1-2H3. The van der Waals surface area contributed by atoms with Crippen LogP contribution in [0.3, 0.4) is 0 Å². The average Bonchev–Trinajstić information content (AvgIpc) is 2.92. The lowest BCUT2D eigenvalue weighted by Crippen LogP contribution is -2.78. The number of carbonyl (C=O) groups excluding carboxylic acids is 1. The Morgan fingerprint density at radius 3 is 1.04 bits per heavy atom. The summed E-state index contributed by atoms with van der Waals surface area (Å²) in [6.07, 6.45) is -9.88. The molecule has 0 bridgehead atoms. The maximum Gasteiger partial charge on any atom is 0.460 e. The van der Waals surface area contributed by atoms with E-state index in [0.29, 0.717) is 4.72 Å². The van der Waals surface area contributed by atoms with E-state index >= 15 is 0 Å². The summed E-state index contributed by atoms with van der Waals surface area (Å²) in [5.41, 5.74) is 0. The van der Waals surface area contributed by atoms with E-state index in [2.05, 4.69) is 0 Å². The van der Waals surface area contributed by atoms with Crippen LogP contribution in [0.4, 0.5) is 110 Å². The molecule has 0 aliphatic rings. The highest BCUT2D eigenvalue weighted by Gasteiger charge is 3.00. The number of alkyl halides is 25. The summed E-state index contributed by atoms with van der Waals surface area (Å²) < 4.78 is 362. The van der Waals surface area contributed by atoms with Crippen LogP contribution in [0.25, 0.3) is 0 Å². The van der Waals surface area contributed by atoms with Crippen molar-refractivity contribution in [1.82, 2.24) is 4.72 Å². The van der Waals surface area contributed by atoms with Gasteiger partial charge in [0.15, 0.2) is 0 Å². The highest BCUT2D eigenvalue weighted by molar-refractivity contribution is 7.90. The number of sulfonamides is 1. The van der Waals surface area contributed by atoms with E-state index in [0.717, 1.165) is 14.1 Å². The number of hydrogen-bond acceptors (Lipinski definition) is 4. The second-order valence-electron chi connectivity index (χ2n) is 11.0. The molecule has 52 heavy (non-hydrogen) atoms. The van der Waals surface area contributed by atoms with Crippen LogP contribution in [0.5, 0.6) is 0 Å². The molecule has 1 N–H and O–H groups in total. The number of halogens is 25. The van der Waals surface area contributed by atoms with Crippen LogP contribution in [0.2, 0.25) is 0 Å². The minimum absolute atomic E-state index is 0.308. The highest BCUT2D eigenvalue weighted by atomic mass is 32.2. The minimum atomic E-state index is -9.77. The van der Waals surface area contributed by atoms with Crippen LogP contribution in [0.1, 0.15) is 12.8 Å². The highest BCUT2D eigenvalue weighted by Crippen LogP contribution is 2.68. The van der Waals surface area contributed by atoms with Crippen molar-refractivity contribution in [3.05, 3.63) is 0 Å². The molecule has 0 aromatic carbocycles. The molecule has 0 radical (unpaired) electrons. The van der Waals surface area contributed by atoms with E-state index in [-0.39, 0.29) is 0 Å². The van der Waals surface area contributed by atoms with Crippen molar-refractivity contribution in [3.8, 4) is 0 Å². The van der Waals surface area contributed by atoms with Crippen LogP contribution in [0.15, 0.2) is 0 Å². The Kier molecular flexibility index (Phi) is 12.8. The summed E-state index contributed by atoms with van der Waals surface area (Å²) in [5.74, 6) is -95.6. The molecular weight excluding hydrogens is 839 g/mol. The fraction of sp³-hybridized carbons (Fsp3) is 0.950. The second kappa shape index (κ2) is 13.4. The first kappa shape index (κ1) is 49.6. The Hall–Kier alpha value is -2.41. The number of hydrogen-bond donors (Lipinski definition) is 1. The molecule has 312 valence electrons. The number of nitrogens with one attached hydrogen (secondary N) is 1. The summed E-state index contributed by atoms with van der Waals surface area (Å²) in [4.78, 5) is 10.5. The predicted octanol–water partition coefficient (Wildman–Crippen LogP) is 6.02. The summed E-state index contributed by atoms with van der Waals surface area (Å²) in [5, 5.41) is 2.46. The van der Waals surface area contributed by atoms with E-state index in [1.54, 1.807) is 0 Å². The van der Waals surface area contributed by atoms with Crippen LogP contribution >= 0.6 is 0 Å². The van der Waals surface area contributed by atoms with Gasteiger partial charge in [0.1, 0.15) is 0 Å². The number of nitrogens with zero attached hydrogens (tertiary/aromatic N) is 1. The van der Waals surface area contributed by atoms with E-state index in [1.165, 1.54) is 0 Å². The van der Waals surface area contributed by atoms with Crippen molar-refractivity contribution in [2.75, 3.05) is 33.7 Å². The van der Waals surface area contributed by atoms with Gasteiger partial charge in [0.25, 0.3) is 10.0 Å². The molecule has 0 heterocycles. The summed E-state index contributed by atoms with van der Waals surface area (Å²) in [6.45, 7) is -2.59. The maximum atomic E-state index is 14.1. The summed E-state index contributed by atoms with van der Waals surface area (Å²) in [7, 11) is -5.45. The predicted molar refractivity (Wildman–Crippen MR) is 113 cm³/mol. The fourth-order valence-corrected chi connectivity index (χ4v) is 4.48.